The minimum absolute atomic E-state index is 0.0424. The minimum atomic E-state index is -0.694. The number of rotatable bonds is 3. The summed E-state index contributed by atoms with van der Waals surface area (Å²) in [6.45, 7) is 3.69. The average molecular weight is 250 g/mol. The Morgan fingerprint density at radius 3 is 3.00 bits per heavy atom. The monoisotopic (exact) mass is 250 g/mol. The molecule has 2 aromatic rings. The summed E-state index contributed by atoms with van der Waals surface area (Å²) < 4.78 is 23.1. The Labute approximate surface area is 103 Å². The largest absolute Gasteiger partial charge is 0.460 e. The van der Waals surface area contributed by atoms with Gasteiger partial charge in [-0.25, -0.2) is 9.18 Å². The first-order valence-electron chi connectivity index (χ1n) is 5.39. The van der Waals surface area contributed by atoms with Crippen LogP contribution in [0.3, 0.4) is 0 Å². The van der Waals surface area contributed by atoms with E-state index in [1.807, 2.05) is 6.92 Å². The van der Waals surface area contributed by atoms with Crippen molar-refractivity contribution in [2.75, 3.05) is 6.61 Å². The number of esters is 1. The molecule has 1 aromatic carbocycles. The van der Waals surface area contributed by atoms with E-state index >= 15 is 0 Å². The standard InChI is InChI=1S/C12H11FN2O3/c1-3-17-12(16)10-14-11(18-15-10)8-6-7(2)4-5-9(8)13/h4-6H,3H2,1-2H3. The average Bonchev–Trinajstić information content (AvgIpc) is 2.82. The summed E-state index contributed by atoms with van der Waals surface area (Å²) in [6, 6.07) is 4.50. The van der Waals surface area contributed by atoms with Crippen LogP contribution in [0, 0.1) is 12.7 Å². The fourth-order valence-corrected chi connectivity index (χ4v) is 1.41. The van der Waals surface area contributed by atoms with Crippen LogP contribution in [0.1, 0.15) is 23.1 Å². The van der Waals surface area contributed by atoms with Crippen molar-refractivity contribution in [3.05, 3.63) is 35.4 Å². The van der Waals surface area contributed by atoms with Crippen molar-refractivity contribution in [1.29, 1.82) is 0 Å². The number of hydrogen-bond acceptors (Lipinski definition) is 5. The van der Waals surface area contributed by atoms with Crippen molar-refractivity contribution in [2.45, 2.75) is 13.8 Å². The molecule has 0 saturated carbocycles. The molecule has 1 heterocycles. The van der Waals surface area contributed by atoms with Gasteiger partial charge in [0.15, 0.2) is 0 Å². The summed E-state index contributed by atoms with van der Waals surface area (Å²) in [7, 11) is 0. The van der Waals surface area contributed by atoms with Crippen LogP contribution in [0.15, 0.2) is 22.7 Å². The molecule has 0 aliphatic rings. The van der Waals surface area contributed by atoms with E-state index in [2.05, 4.69) is 10.1 Å². The van der Waals surface area contributed by atoms with Gasteiger partial charge in [-0.3, -0.25) is 0 Å². The van der Waals surface area contributed by atoms with Crippen LogP contribution in [0.25, 0.3) is 11.5 Å². The Morgan fingerprint density at radius 2 is 2.28 bits per heavy atom. The number of aromatic nitrogens is 2. The van der Waals surface area contributed by atoms with E-state index in [1.54, 1.807) is 19.1 Å². The van der Waals surface area contributed by atoms with Crippen molar-refractivity contribution in [1.82, 2.24) is 10.1 Å². The highest BCUT2D eigenvalue weighted by molar-refractivity contribution is 5.85. The normalized spacial score (nSPS) is 10.4. The van der Waals surface area contributed by atoms with Gasteiger partial charge < -0.3 is 9.26 Å². The molecule has 0 atom stereocenters. The third kappa shape index (κ3) is 2.37. The van der Waals surface area contributed by atoms with Gasteiger partial charge >= 0.3 is 5.97 Å². The fraction of sp³-hybridized carbons (Fsp3) is 0.250. The van der Waals surface area contributed by atoms with Crippen LogP contribution in [-0.2, 0) is 4.74 Å². The van der Waals surface area contributed by atoms with Crippen LogP contribution in [0.4, 0.5) is 4.39 Å². The summed E-state index contributed by atoms with van der Waals surface area (Å²) >= 11 is 0. The number of carbonyl (C=O) groups excluding carboxylic acids is 1. The lowest BCUT2D eigenvalue weighted by atomic mass is 10.1. The maximum Gasteiger partial charge on any atom is 0.379 e. The highest BCUT2D eigenvalue weighted by Crippen LogP contribution is 2.22. The van der Waals surface area contributed by atoms with Crippen molar-refractivity contribution in [3.8, 4) is 11.5 Å². The van der Waals surface area contributed by atoms with E-state index in [0.717, 1.165) is 5.56 Å². The molecule has 0 saturated heterocycles. The smallest absolute Gasteiger partial charge is 0.379 e. The third-order valence-electron chi connectivity index (χ3n) is 2.24. The number of ether oxygens (including phenoxy) is 1. The Kier molecular flexibility index (Phi) is 3.36. The summed E-state index contributed by atoms with van der Waals surface area (Å²) in [5.74, 6) is -1.44. The van der Waals surface area contributed by atoms with E-state index in [4.69, 9.17) is 9.26 Å². The maximum atomic E-state index is 13.6. The molecular formula is C12H11FN2O3. The number of aryl methyl sites for hydroxylation is 1. The molecule has 1 aromatic heterocycles. The number of halogens is 1. The zero-order valence-electron chi connectivity index (χ0n) is 9.94. The lowest BCUT2D eigenvalue weighted by molar-refractivity contribution is 0.0508. The van der Waals surface area contributed by atoms with Crippen LogP contribution in [0.5, 0.6) is 0 Å². The van der Waals surface area contributed by atoms with Gasteiger partial charge in [0.1, 0.15) is 5.82 Å². The van der Waals surface area contributed by atoms with Gasteiger partial charge in [-0.1, -0.05) is 11.6 Å². The number of benzene rings is 1. The van der Waals surface area contributed by atoms with Gasteiger partial charge in [0, 0.05) is 0 Å². The van der Waals surface area contributed by atoms with Crippen LogP contribution in [-0.4, -0.2) is 22.7 Å². The molecule has 0 bridgehead atoms. The molecule has 0 N–H and O–H groups in total. The van der Waals surface area contributed by atoms with Crippen molar-refractivity contribution >= 4 is 5.97 Å². The number of hydrogen-bond donors (Lipinski definition) is 0. The van der Waals surface area contributed by atoms with Crippen molar-refractivity contribution < 1.29 is 18.4 Å². The molecule has 94 valence electrons. The van der Waals surface area contributed by atoms with Crippen LogP contribution < -0.4 is 0 Å². The predicted molar refractivity (Wildman–Crippen MR) is 60.4 cm³/mol. The second kappa shape index (κ2) is 4.95. The summed E-state index contributed by atoms with van der Waals surface area (Å²) in [6.07, 6.45) is 0. The highest BCUT2D eigenvalue weighted by atomic mass is 19.1. The molecule has 0 spiro atoms. The second-order valence-corrected chi connectivity index (χ2v) is 3.63. The minimum Gasteiger partial charge on any atom is -0.460 e. The zero-order chi connectivity index (χ0) is 13.1. The van der Waals surface area contributed by atoms with Gasteiger partial charge in [0.05, 0.1) is 12.2 Å². The molecule has 0 fully saturated rings. The molecule has 18 heavy (non-hydrogen) atoms. The van der Waals surface area contributed by atoms with E-state index < -0.39 is 11.8 Å². The summed E-state index contributed by atoms with van der Waals surface area (Å²) in [5, 5.41) is 3.45. The molecule has 0 radical (unpaired) electrons. The highest BCUT2D eigenvalue weighted by Gasteiger charge is 2.18. The zero-order valence-corrected chi connectivity index (χ0v) is 9.94. The van der Waals surface area contributed by atoms with Gasteiger partial charge in [0.25, 0.3) is 11.7 Å². The van der Waals surface area contributed by atoms with Crippen LogP contribution >= 0.6 is 0 Å². The Balaban J connectivity index is 2.35. The molecular weight excluding hydrogens is 239 g/mol. The second-order valence-electron chi connectivity index (χ2n) is 3.63. The molecule has 0 amide bonds. The molecule has 0 aliphatic heterocycles. The first kappa shape index (κ1) is 12.2. The van der Waals surface area contributed by atoms with E-state index in [-0.39, 0.29) is 23.9 Å². The van der Waals surface area contributed by atoms with Gasteiger partial charge in [0.2, 0.25) is 0 Å². The number of nitrogens with zero attached hydrogens (tertiary/aromatic N) is 2. The SMILES string of the molecule is CCOC(=O)c1noc(-c2cc(C)ccc2F)n1. The van der Waals surface area contributed by atoms with Gasteiger partial charge in [-0.15, -0.1) is 0 Å². The number of carbonyl (C=O) groups is 1. The third-order valence-corrected chi connectivity index (χ3v) is 2.24. The lowest BCUT2D eigenvalue weighted by Crippen LogP contribution is -2.06. The molecule has 0 aliphatic carbocycles. The fourth-order valence-electron chi connectivity index (χ4n) is 1.41. The molecule has 2 rings (SSSR count). The van der Waals surface area contributed by atoms with E-state index in [9.17, 15) is 9.18 Å². The van der Waals surface area contributed by atoms with Crippen molar-refractivity contribution in [3.63, 3.8) is 0 Å². The Morgan fingerprint density at radius 1 is 1.50 bits per heavy atom. The molecule has 6 heteroatoms. The van der Waals surface area contributed by atoms with Gasteiger partial charge in [-0.2, -0.15) is 4.98 Å². The first-order chi connectivity index (χ1) is 8.61. The predicted octanol–water partition coefficient (Wildman–Crippen LogP) is 2.36. The summed E-state index contributed by atoms with van der Waals surface area (Å²) in [4.78, 5) is 15.1. The quantitative estimate of drug-likeness (QED) is 0.782. The van der Waals surface area contributed by atoms with Gasteiger partial charge in [-0.05, 0) is 31.1 Å². The first-order valence-corrected chi connectivity index (χ1v) is 5.39. The lowest BCUT2D eigenvalue weighted by Gasteiger charge is -1.98. The van der Waals surface area contributed by atoms with E-state index in [0.29, 0.717) is 0 Å². The van der Waals surface area contributed by atoms with Crippen LogP contribution in [0.2, 0.25) is 0 Å². The Bertz CT molecular complexity index is 580. The molecule has 0 unspecified atom stereocenters. The topological polar surface area (TPSA) is 65.2 Å². The Hall–Kier alpha value is -2.24. The van der Waals surface area contributed by atoms with Crippen molar-refractivity contribution in [2.24, 2.45) is 0 Å². The molecule has 5 nitrogen and oxygen atoms in total. The summed E-state index contributed by atoms with van der Waals surface area (Å²) in [5.41, 5.74) is 1.01. The maximum absolute atomic E-state index is 13.6. The van der Waals surface area contributed by atoms with E-state index in [1.165, 1.54) is 6.07 Å².